The van der Waals surface area contributed by atoms with Gasteiger partial charge in [-0.05, 0) is 41.8 Å². The first-order chi connectivity index (χ1) is 13.7. The minimum Gasteiger partial charge on any atom is -0.491 e. The number of ether oxygens (including phenoxy) is 1. The molecule has 0 spiro atoms. The molecule has 2 N–H and O–H groups in total. The van der Waals surface area contributed by atoms with Crippen LogP contribution in [0.25, 0.3) is 10.9 Å². The van der Waals surface area contributed by atoms with Gasteiger partial charge in [-0.25, -0.2) is 0 Å². The normalized spacial score (nSPS) is 17.1. The number of benzene rings is 2. The van der Waals surface area contributed by atoms with Crippen LogP contribution in [0.3, 0.4) is 0 Å². The fourth-order valence-corrected chi connectivity index (χ4v) is 3.93. The van der Waals surface area contributed by atoms with Gasteiger partial charge in [0.05, 0.1) is 0 Å². The van der Waals surface area contributed by atoms with Gasteiger partial charge in [-0.2, -0.15) is 0 Å². The summed E-state index contributed by atoms with van der Waals surface area (Å²) in [7, 11) is 0. The Balaban J connectivity index is 1.20. The molecule has 3 aromatic rings. The van der Waals surface area contributed by atoms with Crippen LogP contribution in [-0.4, -0.2) is 65.3 Å². The number of aromatic nitrogens is 1. The van der Waals surface area contributed by atoms with Gasteiger partial charge in [-0.3, -0.25) is 9.80 Å². The number of aliphatic hydroxyl groups excluding tert-OH is 1. The zero-order valence-corrected chi connectivity index (χ0v) is 17.4. The molecule has 1 saturated heterocycles. The van der Waals surface area contributed by atoms with E-state index >= 15 is 0 Å². The average Bonchev–Trinajstić information content (AvgIpc) is 3.11. The molecule has 6 heteroatoms. The van der Waals surface area contributed by atoms with Crippen molar-refractivity contribution < 1.29 is 9.84 Å². The number of nitrogens with one attached hydrogen (secondary N) is 1. The molecule has 5 nitrogen and oxygen atoms in total. The molecule has 1 aliphatic heterocycles. The number of aromatic amines is 1. The molecule has 0 amide bonds. The topological polar surface area (TPSA) is 51.7 Å². The molecule has 2 heterocycles. The van der Waals surface area contributed by atoms with Gasteiger partial charge in [0.2, 0.25) is 0 Å². The highest BCUT2D eigenvalue weighted by Crippen LogP contribution is 2.18. The Bertz CT molecular complexity index is 855. The third kappa shape index (κ3) is 5.14. The number of nitrogens with zero attached hydrogens (tertiary/aromatic N) is 2. The van der Waals surface area contributed by atoms with E-state index < -0.39 is 6.10 Å². The van der Waals surface area contributed by atoms with E-state index in [1.54, 1.807) is 0 Å². The SMILES string of the molecule is O[C@H](COc1ccc(Br)cc1)CN1CCN(Cc2cc3ccccc3[nH]2)CC1. The van der Waals surface area contributed by atoms with Gasteiger partial charge < -0.3 is 14.8 Å². The third-order valence-corrected chi connectivity index (χ3v) is 5.70. The summed E-state index contributed by atoms with van der Waals surface area (Å²) in [5.74, 6) is 0.783. The molecule has 148 valence electrons. The summed E-state index contributed by atoms with van der Waals surface area (Å²) in [5, 5.41) is 11.6. The standard InChI is InChI=1S/C22H26BrN3O2/c23-18-5-7-21(8-6-18)28-16-20(27)15-26-11-9-25(10-12-26)14-19-13-17-3-1-2-4-22(17)24-19/h1-8,13,20,24,27H,9-12,14-16H2/t20-/m0/s1. The van der Waals surface area contributed by atoms with Crippen LogP contribution in [0.1, 0.15) is 5.69 Å². The van der Waals surface area contributed by atoms with Gasteiger partial charge in [0.15, 0.2) is 0 Å². The molecule has 0 saturated carbocycles. The van der Waals surface area contributed by atoms with Crippen molar-refractivity contribution in [1.82, 2.24) is 14.8 Å². The lowest BCUT2D eigenvalue weighted by Gasteiger charge is -2.35. The van der Waals surface area contributed by atoms with Crippen LogP contribution in [0.5, 0.6) is 5.75 Å². The number of piperazine rings is 1. The quantitative estimate of drug-likeness (QED) is 0.586. The molecule has 0 bridgehead atoms. The van der Waals surface area contributed by atoms with E-state index in [4.69, 9.17) is 4.74 Å². The maximum atomic E-state index is 10.3. The van der Waals surface area contributed by atoms with Gasteiger partial charge in [-0.1, -0.05) is 34.1 Å². The van der Waals surface area contributed by atoms with Crippen molar-refractivity contribution in [2.45, 2.75) is 12.6 Å². The highest BCUT2D eigenvalue weighted by Gasteiger charge is 2.20. The lowest BCUT2D eigenvalue weighted by Crippen LogP contribution is -2.48. The minimum atomic E-state index is -0.482. The largest absolute Gasteiger partial charge is 0.491 e. The molecule has 0 radical (unpaired) electrons. The Morgan fingerprint density at radius 2 is 1.71 bits per heavy atom. The molecule has 1 fully saturated rings. The van der Waals surface area contributed by atoms with Crippen LogP contribution in [0.2, 0.25) is 0 Å². The molecule has 2 aromatic carbocycles. The highest BCUT2D eigenvalue weighted by molar-refractivity contribution is 9.10. The van der Waals surface area contributed by atoms with Crippen LogP contribution in [0, 0.1) is 0 Å². The van der Waals surface area contributed by atoms with Gasteiger partial charge in [0.1, 0.15) is 18.5 Å². The number of hydrogen-bond acceptors (Lipinski definition) is 4. The summed E-state index contributed by atoms with van der Waals surface area (Å²) in [6.45, 7) is 5.86. The van der Waals surface area contributed by atoms with Crippen molar-refractivity contribution in [2.75, 3.05) is 39.3 Å². The van der Waals surface area contributed by atoms with Crippen molar-refractivity contribution in [2.24, 2.45) is 0 Å². The number of rotatable bonds is 7. The van der Waals surface area contributed by atoms with E-state index in [0.717, 1.165) is 42.9 Å². The van der Waals surface area contributed by atoms with Gasteiger partial charge >= 0.3 is 0 Å². The van der Waals surface area contributed by atoms with E-state index in [1.165, 1.54) is 16.6 Å². The number of fused-ring (bicyclic) bond motifs is 1. The van der Waals surface area contributed by atoms with E-state index in [1.807, 2.05) is 24.3 Å². The molecular weight excluding hydrogens is 418 g/mol. The molecule has 0 aliphatic carbocycles. The fraction of sp³-hybridized carbons (Fsp3) is 0.364. The van der Waals surface area contributed by atoms with E-state index in [-0.39, 0.29) is 0 Å². The van der Waals surface area contributed by atoms with E-state index in [9.17, 15) is 5.11 Å². The number of β-amino-alcohol motifs (C(OH)–C–C–N with tert-alkyl or cyclic N) is 1. The highest BCUT2D eigenvalue weighted by atomic mass is 79.9. The first-order valence-electron chi connectivity index (χ1n) is 9.73. The molecule has 1 aromatic heterocycles. The predicted octanol–water partition coefficient (Wildman–Crippen LogP) is 3.49. The monoisotopic (exact) mass is 443 g/mol. The molecule has 1 atom stereocenters. The maximum absolute atomic E-state index is 10.3. The summed E-state index contributed by atoms with van der Waals surface area (Å²) in [6, 6.07) is 18.3. The second-order valence-corrected chi connectivity index (χ2v) is 8.29. The Morgan fingerprint density at radius 3 is 2.46 bits per heavy atom. The first-order valence-corrected chi connectivity index (χ1v) is 10.5. The molecule has 4 rings (SSSR count). The average molecular weight is 444 g/mol. The van der Waals surface area contributed by atoms with E-state index in [2.05, 4.69) is 61.0 Å². The Kier molecular flexibility index (Phi) is 6.32. The van der Waals surface area contributed by atoms with Crippen LogP contribution in [-0.2, 0) is 6.54 Å². The number of H-pyrrole nitrogens is 1. The number of aliphatic hydroxyl groups is 1. The molecular formula is C22H26BrN3O2. The van der Waals surface area contributed by atoms with Crippen molar-refractivity contribution in [3.63, 3.8) is 0 Å². The van der Waals surface area contributed by atoms with Crippen LogP contribution in [0.15, 0.2) is 59.1 Å². The van der Waals surface area contributed by atoms with Crippen molar-refractivity contribution >= 4 is 26.8 Å². The number of para-hydroxylation sites is 1. The summed E-state index contributed by atoms with van der Waals surface area (Å²) in [6.07, 6.45) is -0.482. The molecule has 1 aliphatic rings. The second kappa shape index (κ2) is 9.09. The van der Waals surface area contributed by atoms with Crippen LogP contribution in [0.4, 0.5) is 0 Å². The zero-order chi connectivity index (χ0) is 19.3. The van der Waals surface area contributed by atoms with Crippen LogP contribution < -0.4 is 4.74 Å². The summed E-state index contributed by atoms with van der Waals surface area (Å²) < 4.78 is 6.70. The number of hydrogen-bond donors (Lipinski definition) is 2. The van der Waals surface area contributed by atoms with Crippen molar-refractivity contribution in [3.05, 3.63) is 64.8 Å². The summed E-state index contributed by atoms with van der Waals surface area (Å²) >= 11 is 3.41. The summed E-state index contributed by atoms with van der Waals surface area (Å²) in [5.41, 5.74) is 2.46. The van der Waals surface area contributed by atoms with Crippen molar-refractivity contribution in [1.29, 1.82) is 0 Å². The van der Waals surface area contributed by atoms with Crippen LogP contribution >= 0.6 is 15.9 Å². The second-order valence-electron chi connectivity index (χ2n) is 7.38. The maximum Gasteiger partial charge on any atom is 0.119 e. The van der Waals surface area contributed by atoms with Crippen molar-refractivity contribution in [3.8, 4) is 5.75 Å². The smallest absolute Gasteiger partial charge is 0.119 e. The van der Waals surface area contributed by atoms with E-state index in [0.29, 0.717) is 13.2 Å². The first kappa shape index (κ1) is 19.5. The Labute approximate surface area is 174 Å². The lowest BCUT2D eigenvalue weighted by molar-refractivity contribution is 0.0444. The lowest BCUT2D eigenvalue weighted by atomic mass is 10.2. The Morgan fingerprint density at radius 1 is 1.00 bits per heavy atom. The minimum absolute atomic E-state index is 0.316. The van der Waals surface area contributed by atoms with Gasteiger partial charge in [0.25, 0.3) is 0 Å². The van der Waals surface area contributed by atoms with Gasteiger partial charge in [-0.15, -0.1) is 0 Å². The molecule has 0 unspecified atom stereocenters. The summed E-state index contributed by atoms with van der Waals surface area (Å²) in [4.78, 5) is 8.29. The third-order valence-electron chi connectivity index (χ3n) is 5.17. The predicted molar refractivity (Wildman–Crippen MR) is 116 cm³/mol. The van der Waals surface area contributed by atoms with Gasteiger partial charge in [0, 0.05) is 55.0 Å². The zero-order valence-electron chi connectivity index (χ0n) is 15.9. The number of halogens is 1. The Hall–Kier alpha value is -1.86. The fourth-order valence-electron chi connectivity index (χ4n) is 3.66. The molecule has 28 heavy (non-hydrogen) atoms.